The lowest BCUT2D eigenvalue weighted by Crippen LogP contribution is -2.29. The summed E-state index contributed by atoms with van der Waals surface area (Å²) in [7, 11) is 0. The van der Waals surface area contributed by atoms with Gasteiger partial charge in [-0.15, -0.1) is 0 Å². The van der Waals surface area contributed by atoms with Crippen LogP contribution in [0.5, 0.6) is 5.75 Å². The van der Waals surface area contributed by atoms with Gasteiger partial charge in [0.2, 0.25) is 5.91 Å². The Hall–Kier alpha value is -1.81. The molecule has 0 aliphatic heterocycles. The molecule has 0 heterocycles. The van der Waals surface area contributed by atoms with Crippen molar-refractivity contribution in [2.45, 2.75) is 13.3 Å². The lowest BCUT2D eigenvalue weighted by atomic mass is 10.1. The lowest BCUT2D eigenvalue weighted by molar-refractivity contribution is -0.120. The highest BCUT2D eigenvalue weighted by atomic mass is 79.9. The fraction of sp³-hybridized carbons (Fsp3) is 0.235. The Morgan fingerprint density at radius 1 is 1.19 bits per heavy atom. The molecule has 110 valence electrons. The van der Waals surface area contributed by atoms with Gasteiger partial charge in [-0.1, -0.05) is 45.8 Å². The third kappa shape index (κ3) is 5.60. The van der Waals surface area contributed by atoms with Crippen molar-refractivity contribution in [3.05, 3.63) is 64.1 Å². The molecule has 0 fully saturated rings. The summed E-state index contributed by atoms with van der Waals surface area (Å²) in [4.78, 5) is 11.8. The van der Waals surface area contributed by atoms with Crippen molar-refractivity contribution in [1.29, 1.82) is 0 Å². The SMILES string of the molecule is Cc1ccc(OCCNC(=O)Cc2cccc(Br)c2)cc1. The van der Waals surface area contributed by atoms with Gasteiger partial charge in [-0.2, -0.15) is 0 Å². The van der Waals surface area contributed by atoms with Crippen LogP contribution in [0.25, 0.3) is 0 Å². The molecule has 4 heteroatoms. The predicted octanol–water partition coefficient (Wildman–Crippen LogP) is 3.50. The van der Waals surface area contributed by atoms with Crippen LogP contribution >= 0.6 is 15.9 Å². The van der Waals surface area contributed by atoms with Crippen molar-refractivity contribution in [3.8, 4) is 5.75 Å². The largest absolute Gasteiger partial charge is 0.492 e. The fourth-order valence-electron chi connectivity index (χ4n) is 1.89. The van der Waals surface area contributed by atoms with Crippen LogP contribution in [-0.2, 0) is 11.2 Å². The maximum absolute atomic E-state index is 11.8. The fourth-order valence-corrected chi connectivity index (χ4v) is 2.34. The number of halogens is 1. The number of nitrogens with one attached hydrogen (secondary N) is 1. The molecule has 0 aliphatic carbocycles. The Morgan fingerprint density at radius 3 is 2.67 bits per heavy atom. The second kappa shape index (κ2) is 7.84. The standard InChI is InChI=1S/C17H18BrNO2/c1-13-5-7-16(8-6-13)21-10-9-19-17(20)12-14-3-2-4-15(18)11-14/h2-8,11H,9-10,12H2,1H3,(H,19,20). The van der Waals surface area contributed by atoms with E-state index in [1.807, 2.05) is 55.5 Å². The first-order valence-corrected chi connectivity index (χ1v) is 7.63. The van der Waals surface area contributed by atoms with Crippen LogP contribution in [0.1, 0.15) is 11.1 Å². The summed E-state index contributed by atoms with van der Waals surface area (Å²) in [6.07, 6.45) is 0.379. The number of carbonyl (C=O) groups is 1. The number of ether oxygens (including phenoxy) is 1. The van der Waals surface area contributed by atoms with Gasteiger partial charge in [0.25, 0.3) is 0 Å². The topological polar surface area (TPSA) is 38.3 Å². The quantitative estimate of drug-likeness (QED) is 0.812. The van der Waals surface area contributed by atoms with E-state index < -0.39 is 0 Å². The highest BCUT2D eigenvalue weighted by molar-refractivity contribution is 9.10. The molecule has 2 rings (SSSR count). The van der Waals surface area contributed by atoms with Crippen molar-refractivity contribution in [3.63, 3.8) is 0 Å². The van der Waals surface area contributed by atoms with E-state index in [0.29, 0.717) is 19.6 Å². The van der Waals surface area contributed by atoms with E-state index in [2.05, 4.69) is 21.2 Å². The van der Waals surface area contributed by atoms with E-state index in [4.69, 9.17) is 4.74 Å². The average molecular weight is 348 g/mol. The van der Waals surface area contributed by atoms with Crippen molar-refractivity contribution in [1.82, 2.24) is 5.32 Å². The highest BCUT2D eigenvalue weighted by Gasteiger charge is 2.03. The van der Waals surface area contributed by atoms with E-state index in [0.717, 1.165) is 15.8 Å². The molecule has 0 saturated carbocycles. The average Bonchev–Trinajstić information content (AvgIpc) is 2.45. The Balaban J connectivity index is 1.68. The molecule has 2 aromatic carbocycles. The number of amides is 1. The van der Waals surface area contributed by atoms with Crippen molar-refractivity contribution >= 4 is 21.8 Å². The number of carbonyl (C=O) groups excluding carboxylic acids is 1. The molecule has 0 atom stereocenters. The molecule has 3 nitrogen and oxygen atoms in total. The molecule has 0 aliphatic rings. The number of hydrogen-bond donors (Lipinski definition) is 1. The van der Waals surface area contributed by atoms with Gasteiger partial charge in [0.15, 0.2) is 0 Å². The minimum atomic E-state index is 0.000561. The van der Waals surface area contributed by atoms with Gasteiger partial charge in [0.1, 0.15) is 12.4 Å². The van der Waals surface area contributed by atoms with Crippen molar-refractivity contribution in [2.24, 2.45) is 0 Å². The Morgan fingerprint density at radius 2 is 1.95 bits per heavy atom. The first-order chi connectivity index (χ1) is 10.1. The molecular weight excluding hydrogens is 330 g/mol. The summed E-state index contributed by atoms with van der Waals surface area (Å²) in [6, 6.07) is 15.6. The highest BCUT2D eigenvalue weighted by Crippen LogP contribution is 2.12. The zero-order chi connectivity index (χ0) is 15.1. The van der Waals surface area contributed by atoms with Crippen LogP contribution < -0.4 is 10.1 Å². The number of aryl methyl sites for hydroxylation is 1. The summed E-state index contributed by atoms with van der Waals surface area (Å²) < 4.78 is 6.54. The Labute approximate surface area is 133 Å². The van der Waals surface area contributed by atoms with Crippen LogP contribution in [0.3, 0.4) is 0 Å². The van der Waals surface area contributed by atoms with Crippen LogP contribution in [0, 0.1) is 6.92 Å². The molecule has 2 aromatic rings. The molecule has 0 spiro atoms. The molecule has 0 bridgehead atoms. The van der Waals surface area contributed by atoms with Crippen molar-refractivity contribution < 1.29 is 9.53 Å². The number of hydrogen-bond acceptors (Lipinski definition) is 2. The van der Waals surface area contributed by atoms with E-state index in [-0.39, 0.29) is 5.91 Å². The first-order valence-electron chi connectivity index (χ1n) is 6.84. The van der Waals surface area contributed by atoms with Gasteiger partial charge < -0.3 is 10.1 Å². The van der Waals surface area contributed by atoms with Crippen LogP contribution in [-0.4, -0.2) is 19.1 Å². The lowest BCUT2D eigenvalue weighted by Gasteiger charge is -2.08. The molecule has 21 heavy (non-hydrogen) atoms. The van der Waals surface area contributed by atoms with Gasteiger partial charge in [0, 0.05) is 4.47 Å². The summed E-state index contributed by atoms with van der Waals surface area (Å²) in [5.74, 6) is 0.822. The van der Waals surface area contributed by atoms with E-state index in [1.165, 1.54) is 5.56 Å². The Bertz CT molecular complexity index is 596. The normalized spacial score (nSPS) is 10.2. The minimum absolute atomic E-state index is 0.000561. The predicted molar refractivity (Wildman–Crippen MR) is 87.5 cm³/mol. The third-order valence-corrected chi connectivity index (χ3v) is 3.46. The number of benzene rings is 2. The first kappa shape index (κ1) is 15.6. The van der Waals surface area contributed by atoms with Crippen LogP contribution in [0.4, 0.5) is 0 Å². The zero-order valence-electron chi connectivity index (χ0n) is 11.9. The van der Waals surface area contributed by atoms with Crippen LogP contribution in [0.15, 0.2) is 53.0 Å². The van der Waals surface area contributed by atoms with Gasteiger partial charge in [-0.3, -0.25) is 4.79 Å². The zero-order valence-corrected chi connectivity index (χ0v) is 13.5. The van der Waals surface area contributed by atoms with Gasteiger partial charge in [-0.05, 0) is 36.8 Å². The van der Waals surface area contributed by atoms with E-state index >= 15 is 0 Å². The summed E-state index contributed by atoms with van der Waals surface area (Å²) in [5.41, 5.74) is 2.19. The molecule has 0 saturated heterocycles. The molecular formula is C17H18BrNO2. The molecule has 1 N–H and O–H groups in total. The second-order valence-corrected chi connectivity index (χ2v) is 5.73. The van der Waals surface area contributed by atoms with Gasteiger partial charge in [0.05, 0.1) is 13.0 Å². The smallest absolute Gasteiger partial charge is 0.224 e. The number of rotatable bonds is 6. The van der Waals surface area contributed by atoms with Crippen LogP contribution in [0.2, 0.25) is 0 Å². The second-order valence-electron chi connectivity index (χ2n) is 4.82. The molecule has 0 unspecified atom stereocenters. The Kier molecular flexibility index (Phi) is 5.81. The summed E-state index contributed by atoms with van der Waals surface area (Å²) in [6.45, 7) is 3.00. The molecule has 0 radical (unpaired) electrons. The van der Waals surface area contributed by atoms with Gasteiger partial charge in [-0.25, -0.2) is 0 Å². The molecule has 1 amide bonds. The van der Waals surface area contributed by atoms with Crippen molar-refractivity contribution in [2.75, 3.05) is 13.2 Å². The maximum Gasteiger partial charge on any atom is 0.224 e. The van der Waals surface area contributed by atoms with Gasteiger partial charge >= 0.3 is 0 Å². The third-order valence-electron chi connectivity index (χ3n) is 2.97. The summed E-state index contributed by atoms with van der Waals surface area (Å²) in [5, 5.41) is 2.85. The monoisotopic (exact) mass is 347 g/mol. The van der Waals surface area contributed by atoms with E-state index in [9.17, 15) is 4.79 Å². The van der Waals surface area contributed by atoms with E-state index in [1.54, 1.807) is 0 Å². The maximum atomic E-state index is 11.8. The molecule has 0 aromatic heterocycles. The summed E-state index contributed by atoms with van der Waals surface area (Å²) >= 11 is 3.40. The minimum Gasteiger partial charge on any atom is -0.492 e.